The van der Waals surface area contributed by atoms with E-state index < -0.39 is 0 Å². The average molecular weight is 257 g/mol. The molecule has 0 fully saturated rings. The van der Waals surface area contributed by atoms with Crippen LogP contribution < -0.4 is 4.74 Å². The highest BCUT2D eigenvalue weighted by atomic mass is 35.5. The minimum absolute atomic E-state index is 0.243. The number of esters is 1. The fourth-order valence-corrected chi connectivity index (χ4v) is 1.71. The van der Waals surface area contributed by atoms with Gasteiger partial charge in [0.05, 0.1) is 24.2 Å². The second-order valence-electron chi connectivity index (χ2n) is 3.60. The molecule has 1 rings (SSSR count). The fraction of sp³-hybridized carbons (Fsp3) is 0.462. The molecular formula is C13H17ClO3. The molecule has 0 bridgehead atoms. The molecule has 0 aromatic heterocycles. The van der Waals surface area contributed by atoms with Crippen LogP contribution in [0.2, 0.25) is 5.02 Å². The van der Waals surface area contributed by atoms with E-state index in [1.807, 2.05) is 13.0 Å². The lowest BCUT2D eigenvalue weighted by Gasteiger charge is -2.12. The highest BCUT2D eigenvalue weighted by molar-refractivity contribution is 6.32. The summed E-state index contributed by atoms with van der Waals surface area (Å²) in [5.41, 5.74) is 0.830. The van der Waals surface area contributed by atoms with Crippen LogP contribution in [0.3, 0.4) is 0 Å². The first kappa shape index (κ1) is 13.8. The molecule has 0 aliphatic rings. The fourth-order valence-electron chi connectivity index (χ4n) is 1.46. The summed E-state index contributed by atoms with van der Waals surface area (Å²) in [5, 5.41) is 0.514. The Morgan fingerprint density at radius 3 is 2.59 bits per heavy atom. The van der Waals surface area contributed by atoms with E-state index in [1.165, 1.54) is 0 Å². The number of ether oxygens (including phenoxy) is 2. The number of carbonyl (C=O) groups excluding carboxylic acids is 1. The molecule has 17 heavy (non-hydrogen) atoms. The monoisotopic (exact) mass is 256 g/mol. The molecular weight excluding hydrogens is 240 g/mol. The van der Waals surface area contributed by atoms with Crippen molar-refractivity contribution in [1.29, 1.82) is 0 Å². The van der Waals surface area contributed by atoms with Crippen molar-refractivity contribution in [3.8, 4) is 5.75 Å². The molecule has 1 atom stereocenters. The summed E-state index contributed by atoms with van der Waals surface area (Å²) in [7, 11) is 0. The third-order valence-electron chi connectivity index (χ3n) is 2.40. The van der Waals surface area contributed by atoms with E-state index in [1.54, 1.807) is 26.0 Å². The molecule has 1 unspecified atom stereocenters. The van der Waals surface area contributed by atoms with Crippen molar-refractivity contribution in [3.05, 3.63) is 28.8 Å². The Hall–Kier alpha value is -1.22. The molecule has 0 aliphatic carbocycles. The van der Waals surface area contributed by atoms with Crippen LogP contribution in [0, 0.1) is 0 Å². The zero-order valence-electron chi connectivity index (χ0n) is 10.3. The van der Waals surface area contributed by atoms with E-state index in [2.05, 4.69) is 0 Å². The van der Waals surface area contributed by atoms with Gasteiger partial charge in [-0.2, -0.15) is 0 Å². The zero-order chi connectivity index (χ0) is 12.8. The maximum atomic E-state index is 11.6. The molecule has 0 radical (unpaired) electrons. The van der Waals surface area contributed by atoms with Crippen LogP contribution in [0.5, 0.6) is 5.75 Å². The molecule has 0 aliphatic heterocycles. The maximum Gasteiger partial charge on any atom is 0.313 e. The number of carbonyl (C=O) groups is 1. The summed E-state index contributed by atoms with van der Waals surface area (Å²) >= 11 is 6.06. The molecule has 4 heteroatoms. The predicted octanol–water partition coefficient (Wildman–Crippen LogP) is 3.41. The lowest BCUT2D eigenvalue weighted by atomic mass is 10.0. The summed E-state index contributed by atoms with van der Waals surface area (Å²) < 4.78 is 10.3. The van der Waals surface area contributed by atoms with Gasteiger partial charge in [0.1, 0.15) is 5.75 Å². The number of rotatable bonds is 5. The Kier molecular flexibility index (Phi) is 5.29. The first-order valence-electron chi connectivity index (χ1n) is 5.69. The second kappa shape index (κ2) is 6.50. The van der Waals surface area contributed by atoms with E-state index in [0.717, 1.165) is 5.56 Å². The van der Waals surface area contributed by atoms with Gasteiger partial charge in [0, 0.05) is 0 Å². The van der Waals surface area contributed by atoms with Crippen molar-refractivity contribution in [2.24, 2.45) is 0 Å². The predicted molar refractivity (Wildman–Crippen MR) is 67.7 cm³/mol. The summed E-state index contributed by atoms with van der Waals surface area (Å²) in [6.07, 6.45) is 0. The highest BCUT2D eigenvalue weighted by Crippen LogP contribution is 2.29. The molecule has 0 amide bonds. The molecule has 0 N–H and O–H groups in total. The minimum atomic E-state index is -0.317. The van der Waals surface area contributed by atoms with Crippen LogP contribution in [-0.4, -0.2) is 19.2 Å². The topological polar surface area (TPSA) is 35.5 Å². The Morgan fingerprint density at radius 2 is 2.06 bits per heavy atom. The van der Waals surface area contributed by atoms with Crippen LogP contribution in [-0.2, 0) is 9.53 Å². The third-order valence-corrected chi connectivity index (χ3v) is 2.69. The molecule has 0 spiro atoms. The molecule has 1 aromatic rings. The van der Waals surface area contributed by atoms with E-state index in [0.29, 0.717) is 24.0 Å². The van der Waals surface area contributed by atoms with Crippen molar-refractivity contribution in [3.63, 3.8) is 0 Å². The van der Waals surface area contributed by atoms with Gasteiger partial charge in [-0.25, -0.2) is 0 Å². The molecule has 0 saturated carbocycles. The smallest absolute Gasteiger partial charge is 0.313 e. The van der Waals surface area contributed by atoms with Crippen molar-refractivity contribution in [2.45, 2.75) is 26.7 Å². The second-order valence-corrected chi connectivity index (χ2v) is 4.00. The Labute approximate surface area is 107 Å². The molecule has 94 valence electrons. The van der Waals surface area contributed by atoms with E-state index in [4.69, 9.17) is 21.1 Å². The zero-order valence-corrected chi connectivity index (χ0v) is 11.1. The van der Waals surface area contributed by atoms with Crippen molar-refractivity contribution in [2.75, 3.05) is 13.2 Å². The number of halogens is 1. The van der Waals surface area contributed by atoms with Gasteiger partial charge in [0.2, 0.25) is 0 Å². The Balaban J connectivity index is 2.85. The van der Waals surface area contributed by atoms with Crippen LogP contribution in [0.4, 0.5) is 0 Å². The third kappa shape index (κ3) is 3.63. The first-order chi connectivity index (χ1) is 8.10. The lowest BCUT2D eigenvalue weighted by molar-refractivity contribution is -0.144. The van der Waals surface area contributed by atoms with E-state index in [9.17, 15) is 4.79 Å². The van der Waals surface area contributed by atoms with Crippen LogP contribution >= 0.6 is 11.6 Å². The summed E-state index contributed by atoms with van der Waals surface area (Å²) in [4.78, 5) is 11.6. The average Bonchev–Trinajstić information content (AvgIpc) is 2.31. The quantitative estimate of drug-likeness (QED) is 0.758. The first-order valence-corrected chi connectivity index (χ1v) is 6.06. The van der Waals surface area contributed by atoms with Crippen molar-refractivity contribution in [1.82, 2.24) is 0 Å². The minimum Gasteiger partial charge on any atom is -0.492 e. The van der Waals surface area contributed by atoms with Crippen LogP contribution in [0.25, 0.3) is 0 Å². The molecule has 1 aromatic carbocycles. The summed E-state index contributed by atoms with van der Waals surface area (Å²) in [6, 6.07) is 5.35. The van der Waals surface area contributed by atoms with Gasteiger partial charge in [-0.05, 0) is 38.5 Å². The highest BCUT2D eigenvalue weighted by Gasteiger charge is 2.17. The van der Waals surface area contributed by atoms with Gasteiger partial charge in [-0.3, -0.25) is 4.79 Å². The van der Waals surface area contributed by atoms with E-state index in [-0.39, 0.29) is 11.9 Å². The van der Waals surface area contributed by atoms with Gasteiger partial charge in [0.25, 0.3) is 0 Å². The van der Waals surface area contributed by atoms with E-state index >= 15 is 0 Å². The largest absolute Gasteiger partial charge is 0.492 e. The Morgan fingerprint density at radius 1 is 1.35 bits per heavy atom. The van der Waals surface area contributed by atoms with Crippen LogP contribution in [0.15, 0.2) is 18.2 Å². The van der Waals surface area contributed by atoms with Crippen LogP contribution in [0.1, 0.15) is 32.3 Å². The van der Waals surface area contributed by atoms with Gasteiger partial charge in [-0.1, -0.05) is 17.7 Å². The van der Waals surface area contributed by atoms with Gasteiger partial charge >= 0.3 is 5.97 Å². The van der Waals surface area contributed by atoms with Crippen molar-refractivity contribution < 1.29 is 14.3 Å². The van der Waals surface area contributed by atoms with Gasteiger partial charge < -0.3 is 9.47 Å². The molecule has 0 heterocycles. The SMILES string of the molecule is CCOC(=O)C(C)c1ccc(OCC)c(Cl)c1. The van der Waals surface area contributed by atoms with Gasteiger partial charge in [-0.15, -0.1) is 0 Å². The lowest BCUT2D eigenvalue weighted by Crippen LogP contribution is -2.13. The normalized spacial score (nSPS) is 12.0. The number of benzene rings is 1. The maximum absolute atomic E-state index is 11.6. The Bertz CT molecular complexity index is 390. The summed E-state index contributed by atoms with van der Waals surface area (Å²) in [5.74, 6) is 0.0739. The van der Waals surface area contributed by atoms with Gasteiger partial charge in [0.15, 0.2) is 0 Å². The molecule has 3 nitrogen and oxygen atoms in total. The summed E-state index contributed by atoms with van der Waals surface area (Å²) in [6.45, 7) is 6.42. The molecule has 0 saturated heterocycles. The van der Waals surface area contributed by atoms with Crippen molar-refractivity contribution >= 4 is 17.6 Å². The standard InChI is InChI=1S/C13H17ClO3/c1-4-16-12-7-6-10(8-11(12)14)9(3)13(15)17-5-2/h6-9H,4-5H2,1-3H3. The number of hydrogen-bond acceptors (Lipinski definition) is 3. The number of hydrogen-bond donors (Lipinski definition) is 0.